The Kier molecular flexibility index (Phi) is 6.89. The molecule has 0 radical (unpaired) electrons. The van der Waals surface area contributed by atoms with Gasteiger partial charge < -0.3 is 20.6 Å². The highest BCUT2D eigenvalue weighted by molar-refractivity contribution is 5.74. The lowest BCUT2D eigenvalue weighted by atomic mass is 10.0. The summed E-state index contributed by atoms with van der Waals surface area (Å²) in [7, 11) is 0. The Morgan fingerprint density at radius 3 is 2.62 bits per heavy atom. The van der Waals surface area contributed by atoms with E-state index in [0.29, 0.717) is 12.0 Å². The third-order valence-electron chi connectivity index (χ3n) is 4.36. The number of aliphatic hydroxyl groups is 1. The summed E-state index contributed by atoms with van der Waals surface area (Å²) in [6.45, 7) is 3.87. The second kappa shape index (κ2) is 9.14. The van der Waals surface area contributed by atoms with Gasteiger partial charge in [-0.25, -0.2) is 4.79 Å². The van der Waals surface area contributed by atoms with Crippen molar-refractivity contribution >= 4 is 11.7 Å². The molecule has 0 aliphatic carbocycles. The summed E-state index contributed by atoms with van der Waals surface area (Å²) in [6.07, 6.45) is 3.28. The van der Waals surface area contributed by atoms with Crippen molar-refractivity contribution in [1.82, 2.24) is 10.6 Å². The maximum atomic E-state index is 12.0. The minimum Gasteiger partial charge on any atom is -0.396 e. The highest BCUT2D eigenvalue weighted by Crippen LogP contribution is 2.20. The van der Waals surface area contributed by atoms with Gasteiger partial charge in [0.05, 0.1) is 11.6 Å². The Balaban J connectivity index is 1.74. The molecule has 6 nitrogen and oxygen atoms in total. The number of aliphatic hydroxyl groups excluding tert-OH is 1. The van der Waals surface area contributed by atoms with Gasteiger partial charge in [-0.15, -0.1) is 0 Å². The highest BCUT2D eigenvalue weighted by atomic mass is 16.3. The van der Waals surface area contributed by atoms with Gasteiger partial charge in [-0.2, -0.15) is 5.26 Å². The van der Waals surface area contributed by atoms with Crippen LogP contribution < -0.4 is 15.5 Å². The third kappa shape index (κ3) is 5.43. The molecule has 1 fully saturated rings. The molecule has 0 unspecified atom stereocenters. The normalized spacial score (nSPS) is 16.3. The molecule has 1 aliphatic rings. The molecule has 1 aromatic carbocycles. The average Bonchev–Trinajstić information content (AvgIpc) is 2.60. The van der Waals surface area contributed by atoms with Crippen molar-refractivity contribution in [2.75, 3.05) is 24.6 Å². The van der Waals surface area contributed by atoms with E-state index in [1.807, 2.05) is 31.2 Å². The van der Waals surface area contributed by atoms with Crippen LogP contribution in [0, 0.1) is 11.3 Å². The molecule has 1 aromatic rings. The van der Waals surface area contributed by atoms with Gasteiger partial charge in [-0.1, -0.05) is 0 Å². The van der Waals surface area contributed by atoms with Gasteiger partial charge in [0.2, 0.25) is 0 Å². The van der Waals surface area contributed by atoms with Crippen LogP contribution in [0.2, 0.25) is 0 Å². The van der Waals surface area contributed by atoms with Crippen molar-refractivity contribution in [2.45, 2.75) is 44.7 Å². The molecule has 2 amide bonds. The minimum atomic E-state index is -0.128. The van der Waals surface area contributed by atoms with E-state index < -0.39 is 0 Å². The molecule has 1 saturated heterocycles. The summed E-state index contributed by atoms with van der Waals surface area (Å²) in [6, 6.07) is 9.87. The highest BCUT2D eigenvalue weighted by Gasteiger charge is 2.21. The number of nitrogens with zero attached hydrogens (tertiary/aromatic N) is 2. The SMILES string of the molecule is C[C@@H](CCCO)NC(=O)NC1CCN(c2ccc(C#N)cc2)CC1. The van der Waals surface area contributed by atoms with E-state index >= 15 is 0 Å². The number of carbonyl (C=O) groups is 1. The second-order valence-corrected chi connectivity index (χ2v) is 6.30. The van der Waals surface area contributed by atoms with E-state index in [-0.39, 0.29) is 24.7 Å². The van der Waals surface area contributed by atoms with Gasteiger partial charge in [0.25, 0.3) is 0 Å². The van der Waals surface area contributed by atoms with Gasteiger partial charge >= 0.3 is 6.03 Å². The van der Waals surface area contributed by atoms with Gasteiger partial charge in [0.1, 0.15) is 0 Å². The molecular formula is C18H26N4O2. The molecule has 0 spiro atoms. The first-order valence-electron chi connectivity index (χ1n) is 8.55. The average molecular weight is 330 g/mol. The summed E-state index contributed by atoms with van der Waals surface area (Å²) >= 11 is 0. The smallest absolute Gasteiger partial charge is 0.315 e. The summed E-state index contributed by atoms with van der Waals surface area (Å²) in [5.74, 6) is 0. The Bertz CT molecular complexity index is 559. The van der Waals surface area contributed by atoms with Crippen LogP contribution in [-0.4, -0.2) is 42.9 Å². The van der Waals surface area contributed by atoms with Gasteiger partial charge in [0.15, 0.2) is 0 Å². The van der Waals surface area contributed by atoms with Crippen LogP contribution in [0.25, 0.3) is 0 Å². The van der Waals surface area contributed by atoms with E-state index in [0.717, 1.165) is 38.0 Å². The van der Waals surface area contributed by atoms with Crippen molar-refractivity contribution in [2.24, 2.45) is 0 Å². The standard InChI is InChI=1S/C18H26N4O2/c1-14(3-2-12-23)20-18(24)21-16-8-10-22(11-9-16)17-6-4-15(13-19)5-7-17/h4-7,14,16,23H,2-3,8-12H2,1H3,(H2,20,21,24)/t14-/m0/s1. The molecule has 130 valence electrons. The van der Waals surface area contributed by atoms with Crippen molar-refractivity contribution in [1.29, 1.82) is 5.26 Å². The van der Waals surface area contributed by atoms with E-state index in [2.05, 4.69) is 21.6 Å². The van der Waals surface area contributed by atoms with Crippen LogP contribution in [0.4, 0.5) is 10.5 Å². The van der Waals surface area contributed by atoms with Crippen LogP contribution in [0.5, 0.6) is 0 Å². The monoisotopic (exact) mass is 330 g/mol. The van der Waals surface area contributed by atoms with Crippen molar-refractivity contribution in [3.8, 4) is 6.07 Å². The first kappa shape index (κ1) is 18.1. The van der Waals surface area contributed by atoms with Crippen molar-refractivity contribution < 1.29 is 9.90 Å². The zero-order valence-corrected chi connectivity index (χ0v) is 14.2. The summed E-state index contributed by atoms with van der Waals surface area (Å²) < 4.78 is 0. The van der Waals surface area contributed by atoms with Crippen LogP contribution in [0.1, 0.15) is 38.2 Å². The number of carbonyl (C=O) groups excluding carboxylic acids is 1. The molecular weight excluding hydrogens is 304 g/mol. The number of nitrogens with one attached hydrogen (secondary N) is 2. The number of hydrogen-bond donors (Lipinski definition) is 3. The van der Waals surface area contributed by atoms with Crippen molar-refractivity contribution in [3.05, 3.63) is 29.8 Å². The number of piperidine rings is 1. The fourth-order valence-corrected chi connectivity index (χ4v) is 2.95. The minimum absolute atomic E-state index is 0.0656. The number of anilines is 1. The molecule has 1 atom stereocenters. The summed E-state index contributed by atoms with van der Waals surface area (Å²) in [4.78, 5) is 14.3. The fraction of sp³-hybridized carbons (Fsp3) is 0.556. The van der Waals surface area contributed by atoms with Gasteiger partial charge in [-0.3, -0.25) is 0 Å². The number of rotatable bonds is 6. The summed E-state index contributed by atoms with van der Waals surface area (Å²) in [5.41, 5.74) is 1.79. The lowest BCUT2D eigenvalue weighted by Gasteiger charge is -2.34. The molecule has 2 rings (SSSR count). The van der Waals surface area contributed by atoms with Gasteiger partial charge in [0, 0.05) is 37.5 Å². The Morgan fingerprint density at radius 2 is 2.04 bits per heavy atom. The largest absolute Gasteiger partial charge is 0.396 e. The van der Waals surface area contributed by atoms with E-state index in [1.165, 1.54) is 0 Å². The number of nitriles is 1. The molecule has 6 heteroatoms. The molecule has 1 aliphatic heterocycles. The van der Waals surface area contributed by atoms with E-state index in [9.17, 15) is 4.79 Å². The molecule has 3 N–H and O–H groups in total. The molecule has 0 aromatic heterocycles. The number of benzene rings is 1. The van der Waals surface area contributed by atoms with E-state index in [1.54, 1.807) is 0 Å². The fourth-order valence-electron chi connectivity index (χ4n) is 2.95. The zero-order valence-electron chi connectivity index (χ0n) is 14.2. The van der Waals surface area contributed by atoms with Crippen LogP contribution in [0.15, 0.2) is 24.3 Å². The number of hydrogen-bond acceptors (Lipinski definition) is 4. The number of urea groups is 1. The van der Waals surface area contributed by atoms with Gasteiger partial charge in [-0.05, 0) is 56.9 Å². The molecule has 0 bridgehead atoms. The van der Waals surface area contributed by atoms with E-state index in [4.69, 9.17) is 10.4 Å². The third-order valence-corrected chi connectivity index (χ3v) is 4.36. The predicted octanol–water partition coefficient (Wildman–Crippen LogP) is 1.99. The van der Waals surface area contributed by atoms with Crippen LogP contribution in [-0.2, 0) is 0 Å². The molecule has 0 saturated carbocycles. The Hall–Kier alpha value is -2.26. The zero-order chi connectivity index (χ0) is 17.4. The maximum Gasteiger partial charge on any atom is 0.315 e. The lowest BCUT2D eigenvalue weighted by molar-refractivity contribution is 0.228. The lowest BCUT2D eigenvalue weighted by Crippen LogP contribution is -2.49. The van der Waals surface area contributed by atoms with Crippen LogP contribution in [0.3, 0.4) is 0 Å². The Labute approximate surface area is 143 Å². The number of amides is 2. The first-order valence-corrected chi connectivity index (χ1v) is 8.55. The molecule has 24 heavy (non-hydrogen) atoms. The topological polar surface area (TPSA) is 88.4 Å². The Morgan fingerprint density at radius 1 is 1.38 bits per heavy atom. The van der Waals surface area contributed by atoms with Crippen LogP contribution >= 0.6 is 0 Å². The van der Waals surface area contributed by atoms with Crippen molar-refractivity contribution in [3.63, 3.8) is 0 Å². The second-order valence-electron chi connectivity index (χ2n) is 6.30. The summed E-state index contributed by atoms with van der Waals surface area (Å²) in [5, 5.41) is 23.6. The predicted molar refractivity (Wildman–Crippen MR) is 93.8 cm³/mol. The maximum absolute atomic E-state index is 12.0. The first-order chi connectivity index (χ1) is 11.6. The quantitative estimate of drug-likeness (QED) is 0.744. The molecule has 1 heterocycles.